The highest BCUT2D eigenvalue weighted by molar-refractivity contribution is 5.95. The zero-order valence-corrected chi connectivity index (χ0v) is 15.3. The number of para-hydroxylation sites is 1. The highest BCUT2D eigenvalue weighted by Crippen LogP contribution is 2.18. The van der Waals surface area contributed by atoms with E-state index in [1.807, 2.05) is 30.3 Å². The monoisotopic (exact) mass is 401 g/mol. The summed E-state index contributed by atoms with van der Waals surface area (Å²) in [6.45, 7) is -1.79. The number of aromatic nitrogens is 2. The molecule has 0 saturated carbocycles. The minimum Gasteiger partial charge on any atom is -0.452 e. The molecule has 0 spiro atoms. The summed E-state index contributed by atoms with van der Waals surface area (Å²) in [4.78, 5) is 24.3. The molecule has 0 unspecified atom stereocenters. The molecule has 1 amide bonds. The van der Waals surface area contributed by atoms with Crippen molar-refractivity contribution in [2.45, 2.75) is 13.5 Å². The number of rotatable bonds is 7. The summed E-state index contributed by atoms with van der Waals surface area (Å²) in [6, 6.07) is 16.0. The maximum atomic E-state index is 12.3. The van der Waals surface area contributed by atoms with Crippen LogP contribution in [0.15, 0.2) is 60.7 Å². The minimum atomic E-state index is -3.01. The molecule has 0 atom stereocenters. The fourth-order valence-electron chi connectivity index (χ4n) is 2.55. The Morgan fingerprint density at radius 3 is 2.59 bits per heavy atom. The van der Waals surface area contributed by atoms with E-state index in [9.17, 15) is 18.4 Å². The van der Waals surface area contributed by atoms with Gasteiger partial charge in [0.25, 0.3) is 5.91 Å². The Hall–Kier alpha value is -3.75. The van der Waals surface area contributed by atoms with Crippen LogP contribution < -0.4 is 10.1 Å². The lowest BCUT2D eigenvalue weighted by Gasteiger charge is -2.10. The summed E-state index contributed by atoms with van der Waals surface area (Å²) < 4.78 is 35.3. The molecular weight excluding hydrogens is 384 g/mol. The Morgan fingerprint density at radius 1 is 1.10 bits per heavy atom. The third kappa shape index (κ3) is 5.38. The molecule has 1 heterocycles. The van der Waals surface area contributed by atoms with Crippen molar-refractivity contribution in [2.75, 3.05) is 11.9 Å². The summed E-state index contributed by atoms with van der Waals surface area (Å²) in [5, 5.41) is 6.96. The van der Waals surface area contributed by atoms with Gasteiger partial charge in [-0.25, -0.2) is 9.48 Å². The molecule has 150 valence electrons. The molecule has 0 aliphatic rings. The average Bonchev–Trinajstić information content (AvgIpc) is 3.06. The predicted molar refractivity (Wildman–Crippen MR) is 100 cm³/mol. The van der Waals surface area contributed by atoms with E-state index in [0.717, 1.165) is 11.8 Å². The Bertz CT molecular complexity index is 1010. The van der Waals surface area contributed by atoms with Crippen molar-refractivity contribution in [2.24, 2.45) is 0 Å². The van der Waals surface area contributed by atoms with Gasteiger partial charge in [-0.15, -0.1) is 0 Å². The number of benzene rings is 2. The van der Waals surface area contributed by atoms with Gasteiger partial charge in [0.15, 0.2) is 6.61 Å². The summed E-state index contributed by atoms with van der Waals surface area (Å²) in [5.74, 6) is -1.17. The largest absolute Gasteiger partial charge is 0.452 e. The molecule has 0 bridgehead atoms. The van der Waals surface area contributed by atoms with E-state index < -0.39 is 25.1 Å². The van der Waals surface area contributed by atoms with Crippen LogP contribution in [0.25, 0.3) is 5.69 Å². The molecule has 3 aromatic rings. The number of carbonyl (C=O) groups excluding carboxylic acids is 2. The van der Waals surface area contributed by atoms with Crippen LogP contribution in [0.5, 0.6) is 5.75 Å². The Morgan fingerprint density at radius 2 is 1.86 bits per heavy atom. The number of ether oxygens (including phenoxy) is 2. The molecule has 9 heteroatoms. The number of carbonyl (C=O) groups is 2. The van der Waals surface area contributed by atoms with Gasteiger partial charge in [-0.2, -0.15) is 13.9 Å². The second-order valence-electron chi connectivity index (χ2n) is 5.95. The van der Waals surface area contributed by atoms with Gasteiger partial charge in [-0.3, -0.25) is 4.79 Å². The average molecular weight is 401 g/mol. The predicted octanol–water partition coefficient (Wildman–Crippen LogP) is 3.58. The SMILES string of the molecule is Cc1cc(NC(=O)COC(=O)c2cccc(OC(F)F)c2)n(-c2ccccc2)n1. The summed E-state index contributed by atoms with van der Waals surface area (Å²) >= 11 is 0. The lowest BCUT2D eigenvalue weighted by Crippen LogP contribution is -2.22. The van der Waals surface area contributed by atoms with Crippen molar-refractivity contribution < 1.29 is 27.8 Å². The first-order chi connectivity index (χ1) is 13.9. The Balaban J connectivity index is 1.62. The van der Waals surface area contributed by atoms with E-state index >= 15 is 0 Å². The van der Waals surface area contributed by atoms with Crippen LogP contribution in [0.1, 0.15) is 16.1 Å². The highest BCUT2D eigenvalue weighted by Gasteiger charge is 2.15. The van der Waals surface area contributed by atoms with E-state index in [1.54, 1.807) is 17.7 Å². The lowest BCUT2D eigenvalue weighted by atomic mass is 10.2. The normalized spacial score (nSPS) is 10.6. The molecule has 2 aromatic carbocycles. The summed E-state index contributed by atoms with van der Waals surface area (Å²) in [5.41, 5.74) is 1.43. The number of halogens is 2. The van der Waals surface area contributed by atoms with Crippen LogP contribution in [0.2, 0.25) is 0 Å². The van der Waals surface area contributed by atoms with E-state index in [0.29, 0.717) is 11.5 Å². The number of aryl methyl sites for hydroxylation is 1. The van der Waals surface area contributed by atoms with Crippen molar-refractivity contribution in [3.63, 3.8) is 0 Å². The molecule has 3 rings (SSSR count). The van der Waals surface area contributed by atoms with Crippen molar-refractivity contribution in [3.05, 3.63) is 71.9 Å². The number of amides is 1. The van der Waals surface area contributed by atoms with Gasteiger partial charge < -0.3 is 14.8 Å². The first kappa shape index (κ1) is 20.0. The third-order valence-electron chi connectivity index (χ3n) is 3.73. The first-order valence-corrected chi connectivity index (χ1v) is 8.56. The maximum absolute atomic E-state index is 12.3. The highest BCUT2D eigenvalue weighted by atomic mass is 19.3. The molecule has 0 saturated heterocycles. The Kier molecular flexibility index (Phi) is 6.18. The molecule has 0 aliphatic carbocycles. The van der Waals surface area contributed by atoms with Gasteiger partial charge >= 0.3 is 12.6 Å². The second-order valence-corrected chi connectivity index (χ2v) is 5.95. The van der Waals surface area contributed by atoms with E-state index in [1.165, 1.54) is 18.2 Å². The van der Waals surface area contributed by atoms with Gasteiger partial charge in [0.2, 0.25) is 0 Å². The Labute approximate surface area is 164 Å². The van der Waals surface area contributed by atoms with Gasteiger partial charge in [0, 0.05) is 6.07 Å². The van der Waals surface area contributed by atoms with E-state index in [2.05, 4.69) is 15.2 Å². The molecule has 1 N–H and O–H groups in total. The number of hydrogen-bond donors (Lipinski definition) is 1. The number of anilines is 1. The first-order valence-electron chi connectivity index (χ1n) is 8.56. The fourth-order valence-corrected chi connectivity index (χ4v) is 2.55. The smallest absolute Gasteiger partial charge is 0.387 e. The van der Waals surface area contributed by atoms with Crippen LogP contribution in [0.4, 0.5) is 14.6 Å². The molecule has 0 fully saturated rings. The molecule has 0 aliphatic heterocycles. The van der Waals surface area contributed by atoms with Crippen LogP contribution in [-0.4, -0.2) is 34.9 Å². The standard InChI is InChI=1S/C20H17F2N3O4/c1-13-10-17(25(24-13)15-7-3-2-4-8-15)23-18(26)12-28-19(27)14-6-5-9-16(11-14)29-20(21)22/h2-11,20H,12H2,1H3,(H,23,26). The van der Waals surface area contributed by atoms with Crippen LogP contribution in [-0.2, 0) is 9.53 Å². The number of esters is 1. The van der Waals surface area contributed by atoms with Crippen molar-refractivity contribution in [3.8, 4) is 11.4 Å². The van der Waals surface area contributed by atoms with Crippen LogP contribution in [0.3, 0.4) is 0 Å². The summed E-state index contributed by atoms with van der Waals surface area (Å²) in [7, 11) is 0. The zero-order chi connectivity index (χ0) is 20.8. The molecule has 0 radical (unpaired) electrons. The summed E-state index contributed by atoms with van der Waals surface area (Å²) in [6.07, 6.45) is 0. The van der Waals surface area contributed by atoms with E-state index in [-0.39, 0.29) is 11.3 Å². The number of hydrogen-bond acceptors (Lipinski definition) is 5. The molecular formula is C20H17F2N3O4. The zero-order valence-electron chi connectivity index (χ0n) is 15.3. The van der Waals surface area contributed by atoms with E-state index in [4.69, 9.17) is 4.74 Å². The lowest BCUT2D eigenvalue weighted by molar-refractivity contribution is -0.119. The third-order valence-corrected chi connectivity index (χ3v) is 3.73. The molecule has 7 nitrogen and oxygen atoms in total. The fraction of sp³-hybridized carbons (Fsp3) is 0.150. The maximum Gasteiger partial charge on any atom is 0.387 e. The minimum absolute atomic E-state index is 0.0129. The van der Waals surface area contributed by atoms with Gasteiger partial charge in [0.1, 0.15) is 11.6 Å². The topological polar surface area (TPSA) is 82.5 Å². The molecule has 1 aromatic heterocycles. The molecule has 29 heavy (non-hydrogen) atoms. The van der Waals surface area contributed by atoms with Crippen molar-refractivity contribution in [1.29, 1.82) is 0 Å². The van der Waals surface area contributed by atoms with Gasteiger partial charge in [-0.05, 0) is 37.3 Å². The number of alkyl halides is 2. The van der Waals surface area contributed by atoms with Crippen LogP contribution in [0, 0.1) is 6.92 Å². The quantitative estimate of drug-likeness (QED) is 0.612. The van der Waals surface area contributed by atoms with Gasteiger partial charge in [0.05, 0.1) is 16.9 Å². The van der Waals surface area contributed by atoms with Crippen LogP contribution >= 0.6 is 0 Å². The second kappa shape index (κ2) is 8.96. The van der Waals surface area contributed by atoms with Crippen molar-refractivity contribution in [1.82, 2.24) is 9.78 Å². The van der Waals surface area contributed by atoms with Crippen molar-refractivity contribution >= 4 is 17.7 Å². The number of nitrogens with zero attached hydrogens (tertiary/aromatic N) is 2. The number of nitrogens with one attached hydrogen (secondary N) is 1. The van der Waals surface area contributed by atoms with Gasteiger partial charge in [-0.1, -0.05) is 24.3 Å².